The molecule has 0 bridgehead atoms. The first-order chi connectivity index (χ1) is 7.11. The summed E-state index contributed by atoms with van der Waals surface area (Å²) < 4.78 is 25.3. The molecule has 1 aromatic rings. The quantitative estimate of drug-likeness (QED) is 0.771. The standard InChI is InChI=1S/C9H6Cl2F2N2/c10-3-5-4-15-6(1-2-14)7(8(5)11)9(12)13/h4,9H,1,3H2. The van der Waals surface area contributed by atoms with E-state index in [2.05, 4.69) is 4.98 Å². The fraction of sp³-hybridized carbons (Fsp3) is 0.333. The first-order valence-corrected chi connectivity index (χ1v) is 4.90. The molecule has 0 amide bonds. The average Bonchev–Trinajstić information content (AvgIpc) is 2.18. The molecule has 0 aliphatic carbocycles. The summed E-state index contributed by atoms with van der Waals surface area (Å²) in [5.41, 5.74) is -0.0435. The Kier molecular flexibility index (Phi) is 4.25. The van der Waals surface area contributed by atoms with Crippen molar-refractivity contribution in [2.24, 2.45) is 0 Å². The lowest BCUT2D eigenvalue weighted by atomic mass is 10.1. The van der Waals surface area contributed by atoms with E-state index in [4.69, 9.17) is 28.5 Å². The Balaban J connectivity index is 3.32. The van der Waals surface area contributed by atoms with Crippen molar-refractivity contribution in [1.29, 1.82) is 5.26 Å². The summed E-state index contributed by atoms with van der Waals surface area (Å²) in [5.74, 6) is 0.0123. The van der Waals surface area contributed by atoms with E-state index in [9.17, 15) is 8.78 Å². The minimum atomic E-state index is -2.75. The van der Waals surface area contributed by atoms with E-state index in [1.807, 2.05) is 0 Å². The monoisotopic (exact) mass is 250 g/mol. The van der Waals surface area contributed by atoms with Crippen LogP contribution in [0.2, 0.25) is 5.02 Å². The Labute approximate surface area is 95.4 Å². The average molecular weight is 251 g/mol. The van der Waals surface area contributed by atoms with Gasteiger partial charge >= 0.3 is 0 Å². The molecule has 0 radical (unpaired) electrons. The number of nitrogens with zero attached hydrogens (tertiary/aromatic N) is 2. The third kappa shape index (κ3) is 2.55. The maximum Gasteiger partial charge on any atom is 0.267 e. The third-order valence-corrected chi connectivity index (χ3v) is 2.55. The van der Waals surface area contributed by atoms with Gasteiger partial charge in [0.2, 0.25) is 0 Å². The first-order valence-electron chi connectivity index (χ1n) is 3.99. The van der Waals surface area contributed by atoms with Gasteiger partial charge in [0.15, 0.2) is 0 Å². The Hall–Kier alpha value is -0.920. The number of hydrogen-bond acceptors (Lipinski definition) is 2. The lowest BCUT2D eigenvalue weighted by molar-refractivity contribution is 0.150. The molecule has 1 aromatic heterocycles. The molecule has 0 aliphatic heterocycles. The molecule has 0 saturated carbocycles. The predicted molar refractivity (Wildman–Crippen MR) is 53.1 cm³/mol. The van der Waals surface area contributed by atoms with Gasteiger partial charge in [-0.05, 0) is 0 Å². The van der Waals surface area contributed by atoms with Crippen LogP contribution in [-0.4, -0.2) is 4.98 Å². The van der Waals surface area contributed by atoms with Gasteiger partial charge in [-0.25, -0.2) is 8.78 Å². The molecule has 0 saturated heterocycles. The summed E-state index contributed by atoms with van der Waals surface area (Å²) in [5, 5.41) is 8.34. The van der Waals surface area contributed by atoms with E-state index in [1.54, 1.807) is 6.07 Å². The normalized spacial score (nSPS) is 10.4. The third-order valence-electron chi connectivity index (χ3n) is 1.81. The van der Waals surface area contributed by atoms with Crippen LogP contribution in [0.15, 0.2) is 6.20 Å². The SMILES string of the molecule is N#CCc1ncc(CCl)c(Cl)c1C(F)F. The van der Waals surface area contributed by atoms with Crippen LogP contribution in [0.25, 0.3) is 0 Å². The second kappa shape index (κ2) is 5.24. The maximum atomic E-state index is 12.7. The number of aromatic nitrogens is 1. The highest BCUT2D eigenvalue weighted by Gasteiger charge is 2.20. The second-order valence-electron chi connectivity index (χ2n) is 2.73. The highest BCUT2D eigenvalue weighted by Crippen LogP contribution is 2.32. The number of pyridine rings is 1. The van der Waals surface area contributed by atoms with Crippen LogP contribution in [0, 0.1) is 11.3 Å². The summed E-state index contributed by atoms with van der Waals surface area (Å²) in [4.78, 5) is 3.75. The summed E-state index contributed by atoms with van der Waals surface area (Å²) >= 11 is 11.2. The van der Waals surface area contributed by atoms with Gasteiger partial charge in [-0.1, -0.05) is 11.6 Å². The van der Waals surface area contributed by atoms with Crippen LogP contribution in [-0.2, 0) is 12.3 Å². The van der Waals surface area contributed by atoms with Crippen LogP contribution >= 0.6 is 23.2 Å². The Morgan fingerprint density at radius 1 is 1.53 bits per heavy atom. The number of nitriles is 1. The summed E-state index contributed by atoms with van der Waals surface area (Å²) in [6, 6.07) is 1.76. The van der Waals surface area contributed by atoms with Crippen molar-refractivity contribution in [3.63, 3.8) is 0 Å². The largest absolute Gasteiger partial charge is 0.267 e. The molecule has 1 heterocycles. The van der Waals surface area contributed by atoms with Gasteiger partial charge in [-0.2, -0.15) is 5.26 Å². The fourth-order valence-electron chi connectivity index (χ4n) is 1.11. The van der Waals surface area contributed by atoms with Crippen molar-refractivity contribution < 1.29 is 8.78 Å². The minimum absolute atomic E-state index is 0.00590. The van der Waals surface area contributed by atoms with E-state index >= 15 is 0 Å². The van der Waals surface area contributed by atoms with E-state index < -0.39 is 12.0 Å². The van der Waals surface area contributed by atoms with Gasteiger partial charge in [0.25, 0.3) is 6.43 Å². The number of halogens is 4. The summed E-state index contributed by atoms with van der Waals surface area (Å²) in [6.07, 6.45) is -1.63. The molecular weight excluding hydrogens is 245 g/mol. The zero-order chi connectivity index (χ0) is 11.4. The van der Waals surface area contributed by atoms with Gasteiger partial charge in [0.1, 0.15) is 0 Å². The molecule has 80 valence electrons. The molecule has 0 spiro atoms. The molecule has 0 atom stereocenters. The Morgan fingerprint density at radius 2 is 2.20 bits per heavy atom. The molecule has 15 heavy (non-hydrogen) atoms. The van der Waals surface area contributed by atoms with Crippen LogP contribution in [0.1, 0.15) is 23.2 Å². The van der Waals surface area contributed by atoms with Crippen molar-refractivity contribution in [2.45, 2.75) is 18.7 Å². The first kappa shape index (κ1) is 12.2. The Bertz CT molecular complexity index is 402. The maximum absolute atomic E-state index is 12.7. The molecule has 0 aliphatic rings. The van der Waals surface area contributed by atoms with Gasteiger partial charge in [0.05, 0.1) is 34.7 Å². The molecule has 1 rings (SSSR count). The lowest BCUT2D eigenvalue weighted by Crippen LogP contribution is -2.01. The molecule has 6 heteroatoms. The number of rotatable bonds is 3. The molecule has 0 fully saturated rings. The van der Waals surface area contributed by atoms with Crippen molar-refractivity contribution in [2.75, 3.05) is 0 Å². The van der Waals surface area contributed by atoms with Crippen LogP contribution in [0.4, 0.5) is 8.78 Å². The van der Waals surface area contributed by atoms with Gasteiger partial charge in [-0.15, -0.1) is 11.6 Å². The Morgan fingerprint density at radius 3 is 2.67 bits per heavy atom. The van der Waals surface area contributed by atoms with E-state index in [0.29, 0.717) is 5.56 Å². The van der Waals surface area contributed by atoms with E-state index in [1.165, 1.54) is 6.20 Å². The van der Waals surface area contributed by atoms with Gasteiger partial charge in [0, 0.05) is 11.8 Å². The van der Waals surface area contributed by atoms with Crippen LogP contribution in [0.3, 0.4) is 0 Å². The van der Waals surface area contributed by atoms with Gasteiger partial charge in [-0.3, -0.25) is 4.98 Å². The van der Waals surface area contributed by atoms with Crippen LogP contribution < -0.4 is 0 Å². The summed E-state index contributed by atoms with van der Waals surface area (Å²) in [6.45, 7) is 0. The van der Waals surface area contributed by atoms with Crippen molar-refractivity contribution >= 4 is 23.2 Å². The van der Waals surface area contributed by atoms with E-state index in [0.717, 1.165) is 0 Å². The lowest BCUT2D eigenvalue weighted by Gasteiger charge is -2.10. The topological polar surface area (TPSA) is 36.7 Å². The second-order valence-corrected chi connectivity index (χ2v) is 3.37. The molecule has 0 unspecified atom stereocenters. The van der Waals surface area contributed by atoms with Crippen molar-refractivity contribution in [3.8, 4) is 6.07 Å². The van der Waals surface area contributed by atoms with Crippen LogP contribution in [0.5, 0.6) is 0 Å². The highest BCUT2D eigenvalue weighted by atomic mass is 35.5. The predicted octanol–water partition coefficient (Wildman–Crippen LogP) is 3.48. The van der Waals surface area contributed by atoms with Gasteiger partial charge < -0.3 is 0 Å². The highest BCUT2D eigenvalue weighted by molar-refractivity contribution is 6.33. The van der Waals surface area contributed by atoms with Crippen molar-refractivity contribution in [1.82, 2.24) is 4.98 Å². The molecule has 2 nitrogen and oxygen atoms in total. The smallest absolute Gasteiger partial charge is 0.259 e. The zero-order valence-corrected chi connectivity index (χ0v) is 8.99. The number of alkyl halides is 3. The zero-order valence-electron chi connectivity index (χ0n) is 7.48. The molecule has 0 N–H and O–H groups in total. The molecule has 0 aromatic carbocycles. The number of hydrogen-bond donors (Lipinski definition) is 0. The molecular formula is C9H6Cl2F2N2. The van der Waals surface area contributed by atoms with Crippen molar-refractivity contribution in [3.05, 3.63) is 28.0 Å². The summed E-state index contributed by atoms with van der Waals surface area (Å²) in [7, 11) is 0. The fourth-order valence-corrected chi connectivity index (χ4v) is 1.69. The van der Waals surface area contributed by atoms with E-state index in [-0.39, 0.29) is 23.0 Å². The minimum Gasteiger partial charge on any atom is -0.259 e.